The zero-order valence-electron chi connectivity index (χ0n) is 15.5. The number of pyridine rings is 1. The van der Waals surface area contributed by atoms with Crippen LogP contribution in [-0.4, -0.2) is 16.9 Å². The van der Waals surface area contributed by atoms with Crippen LogP contribution >= 0.6 is 0 Å². The average Bonchev–Trinajstić information content (AvgIpc) is 2.70. The molecule has 1 heterocycles. The quantitative estimate of drug-likeness (QED) is 0.611. The van der Waals surface area contributed by atoms with Crippen molar-refractivity contribution < 1.29 is 9.53 Å². The number of benzene rings is 2. The molecule has 3 aromatic rings. The Hall–Kier alpha value is -3.34. The standard InChI is InChI=1S/C22H23N3O2/c1-3-16(2)24-22(26)17-13-14-23-21(15-17)25-19-11-7-8-12-20(19)27-18-9-5-4-6-10-18/h4-16H,3H2,1-2H3,(H,23,25)(H,24,26). The van der Waals surface area contributed by atoms with Crippen LogP contribution in [0.3, 0.4) is 0 Å². The topological polar surface area (TPSA) is 63.2 Å². The number of rotatable bonds is 7. The van der Waals surface area contributed by atoms with Gasteiger partial charge in [-0.3, -0.25) is 4.79 Å². The summed E-state index contributed by atoms with van der Waals surface area (Å²) in [7, 11) is 0. The number of para-hydroxylation sites is 3. The van der Waals surface area contributed by atoms with Crippen LogP contribution in [0.25, 0.3) is 0 Å². The molecule has 1 unspecified atom stereocenters. The van der Waals surface area contributed by atoms with Gasteiger partial charge in [-0.05, 0) is 49.7 Å². The van der Waals surface area contributed by atoms with E-state index in [2.05, 4.69) is 15.6 Å². The summed E-state index contributed by atoms with van der Waals surface area (Å²) in [6, 6.07) is 20.8. The highest BCUT2D eigenvalue weighted by molar-refractivity contribution is 5.95. The van der Waals surface area contributed by atoms with Gasteiger partial charge in [0.15, 0.2) is 5.75 Å². The molecular formula is C22H23N3O2. The van der Waals surface area contributed by atoms with E-state index in [0.717, 1.165) is 17.9 Å². The molecule has 0 aliphatic heterocycles. The van der Waals surface area contributed by atoms with Gasteiger partial charge < -0.3 is 15.4 Å². The van der Waals surface area contributed by atoms with Gasteiger partial charge in [-0.1, -0.05) is 37.3 Å². The molecule has 0 saturated carbocycles. The number of nitrogens with zero attached hydrogens (tertiary/aromatic N) is 1. The van der Waals surface area contributed by atoms with Gasteiger partial charge in [-0.2, -0.15) is 0 Å². The van der Waals surface area contributed by atoms with E-state index in [0.29, 0.717) is 17.1 Å². The molecule has 0 fully saturated rings. The van der Waals surface area contributed by atoms with Gasteiger partial charge in [0.2, 0.25) is 0 Å². The average molecular weight is 361 g/mol. The molecular weight excluding hydrogens is 338 g/mol. The highest BCUT2D eigenvalue weighted by Gasteiger charge is 2.11. The van der Waals surface area contributed by atoms with E-state index >= 15 is 0 Å². The third-order valence-corrected chi connectivity index (χ3v) is 4.13. The van der Waals surface area contributed by atoms with Crippen LogP contribution in [0.1, 0.15) is 30.6 Å². The lowest BCUT2D eigenvalue weighted by Crippen LogP contribution is -2.31. The van der Waals surface area contributed by atoms with E-state index in [-0.39, 0.29) is 11.9 Å². The van der Waals surface area contributed by atoms with Gasteiger partial charge >= 0.3 is 0 Å². The molecule has 27 heavy (non-hydrogen) atoms. The summed E-state index contributed by atoms with van der Waals surface area (Å²) in [5.41, 5.74) is 1.34. The number of hydrogen-bond acceptors (Lipinski definition) is 4. The number of nitrogens with one attached hydrogen (secondary N) is 2. The van der Waals surface area contributed by atoms with Gasteiger partial charge in [0.05, 0.1) is 5.69 Å². The molecule has 0 saturated heterocycles. The molecule has 1 amide bonds. The van der Waals surface area contributed by atoms with Gasteiger partial charge in [-0.25, -0.2) is 4.98 Å². The number of hydrogen-bond donors (Lipinski definition) is 2. The van der Waals surface area contributed by atoms with E-state index in [9.17, 15) is 4.79 Å². The molecule has 0 bridgehead atoms. The minimum absolute atomic E-state index is 0.108. The Kier molecular flexibility index (Phi) is 6.05. The first-order valence-electron chi connectivity index (χ1n) is 9.01. The van der Waals surface area contributed by atoms with Crippen molar-refractivity contribution in [3.8, 4) is 11.5 Å². The monoisotopic (exact) mass is 361 g/mol. The summed E-state index contributed by atoms with van der Waals surface area (Å²) < 4.78 is 5.96. The van der Waals surface area contributed by atoms with Crippen molar-refractivity contribution in [3.63, 3.8) is 0 Å². The molecule has 5 heteroatoms. The summed E-state index contributed by atoms with van der Waals surface area (Å²) in [4.78, 5) is 16.7. The largest absolute Gasteiger partial charge is 0.455 e. The SMILES string of the molecule is CCC(C)NC(=O)c1ccnc(Nc2ccccc2Oc2ccccc2)c1. The highest BCUT2D eigenvalue weighted by Crippen LogP contribution is 2.31. The third kappa shape index (κ3) is 5.07. The van der Waals surface area contributed by atoms with E-state index in [1.807, 2.05) is 68.4 Å². The Morgan fingerprint density at radius 3 is 2.59 bits per heavy atom. The van der Waals surface area contributed by atoms with E-state index < -0.39 is 0 Å². The van der Waals surface area contributed by atoms with Gasteiger partial charge in [0.25, 0.3) is 5.91 Å². The van der Waals surface area contributed by atoms with Crippen LogP contribution < -0.4 is 15.4 Å². The third-order valence-electron chi connectivity index (χ3n) is 4.13. The van der Waals surface area contributed by atoms with E-state index in [1.54, 1.807) is 18.3 Å². The van der Waals surface area contributed by atoms with Gasteiger partial charge in [0, 0.05) is 17.8 Å². The summed E-state index contributed by atoms with van der Waals surface area (Å²) in [6.45, 7) is 4.02. The van der Waals surface area contributed by atoms with Crippen molar-refractivity contribution in [1.82, 2.24) is 10.3 Å². The molecule has 0 radical (unpaired) electrons. The van der Waals surface area contributed by atoms with Gasteiger partial charge in [0.1, 0.15) is 11.6 Å². The fourth-order valence-electron chi connectivity index (χ4n) is 2.46. The Balaban J connectivity index is 1.78. The lowest BCUT2D eigenvalue weighted by Gasteiger charge is -2.14. The summed E-state index contributed by atoms with van der Waals surface area (Å²) >= 11 is 0. The number of carbonyl (C=O) groups is 1. The maximum atomic E-state index is 12.3. The van der Waals surface area contributed by atoms with Crippen molar-refractivity contribution in [1.29, 1.82) is 0 Å². The second kappa shape index (κ2) is 8.85. The van der Waals surface area contributed by atoms with Crippen LogP contribution in [0.15, 0.2) is 72.9 Å². The summed E-state index contributed by atoms with van der Waals surface area (Å²) in [5.74, 6) is 1.90. The van der Waals surface area contributed by atoms with Crippen molar-refractivity contribution >= 4 is 17.4 Å². The van der Waals surface area contributed by atoms with Crippen molar-refractivity contribution in [2.75, 3.05) is 5.32 Å². The number of amides is 1. The molecule has 0 aliphatic carbocycles. The zero-order valence-corrected chi connectivity index (χ0v) is 15.5. The fourth-order valence-corrected chi connectivity index (χ4v) is 2.46. The first-order chi connectivity index (χ1) is 13.2. The molecule has 2 N–H and O–H groups in total. The Morgan fingerprint density at radius 2 is 1.81 bits per heavy atom. The fraction of sp³-hybridized carbons (Fsp3) is 0.182. The predicted octanol–water partition coefficient (Wildman–Crippen LogP) is 5.15. The van der Waals surface area contributed by atoms with Crippen LogP contribution in [0.4, 0.5) is 11.5 Å². The molecule has 2 aromatic carbocycles. The number of carbonyl (C=O) groups excluding carboxylic acids is 1. The predicted molar refractivity (Wildman–Crippen MR) is 108 cm³/mol. The van der Waals surface area contributed by atoms with Crippen LogP contribution in [0.2, 0.25) is 0 Å². The lowest BCUT2D eigenvalue weighted by atomic mass is 10.2. The van der Waals surface area contributed by atoms with E-state index in [4.69, 9.17) is 4.74 Å². The number of aromatic nitrogens is 1. The molecule has 0 aliphatic rings. The second-order valence-electron chi connectivity index (χ2n) is 6.25. The molecule has 3 rings (SSSR count). The molecule has 0 spiro atoms. The maximum Gasteiger partial charge on any atom is 0.251 e. The minimum atomic E-state index is -0.108. The molecule has 5 nitrogen and oxygen atoms in total. The molecule has 138 valence electrons. The van der Waals surface area contributed by atoms with Crippen LogP contribution in [0, 0.1) is 0 Å². The smallest absolute Gasteiger partial charge is 0.251 e. The number of ether oxygens (including phenoxy) is 1. The summed E-state index contributed by atoms with van der Waals surface area (Å²) in [6.07, 6.45) is 2.50. The lowest BCUT2D eigenvalue weighted by molar-refractivity contribution is 0.0939. The first-order valence-corrected chi connectivity index (χ1v) is 9.01. The summed E-state index contributed by atoms with van der Waals surface area (Å²) in [5, 5.41) is 6.20. The first kappa shape index (κ1) is 18.5. The van der Waals surface area contributed by atoms with E-state index in [1.165, 1.54) is 0 Å². The normalized spacial score (nSPS) is 11.5. The zero-order chi connectivity index (χ0) is 19.1. The Labute approximate surface area is 159 Å². The van der Waals surface area contributed by atoms with Crippen molar-refractivity contribution in [2.24, 2.45) is 0 Å². The molecule has 1 aromatic heterocycles. The van der Waals surface area contributed by atoms with Crippen LogP contribution in [0.5, 0.6) is 11.5 Å². The molecule has 1 atom stereocenters. The maximum absolute atomic E-state index is 12.3. The highest BCUT2D eigenvalue weighted by atomic mass is 16.5. The minimum Gasteiger partial charge on any atom is -0.455 e. The van der Waals surface area contributed by atoms with Crippen molar-refractivity contribution in [3.05, 3.63) is 78.5 Å². The van der Waals surface area contributed by atoms with Crippen LogP contribution in [-0.2, 0) is 0 Å². The Morgan fingerprint density at radius 1 is 1.07 bits per heavy atom. The van der Waals surface area contributed by atoms with Gasteiger partial charge in [-0.15, -0.1) is 0 Å². The Bertz CT molecular complexity index is 897. The number of anilines is 2. The van der Waals surface area contributed by atoms with Crippen molar-refractivity contribution in [2.45, 2.75) is 26.3 Å². The second-order valence-corrected chi connectivity index (χ2v) is 6.25.